The van der Waals surface area contributed by atoms with Crippen LogP contribution in [0.4, 0.5) is 0 Å². The number of nitrogens with zero attached hydrogens (tertiary/aromatic N) is 3. The quantitative estimate of drug-likeness (QED) is 0.772. The van der Waals surface area contributed by atoms with Gasteiger partial charge in [0.25, 0.3) is 5.91 Å². The molecule has 2 aliphatic heterocycles. The maximum atomic E-state index is 12.9. The van der Waals surface area contributed by atoms with Gasteiger partial charge in [0.05, 0.1) is 19.7 Å². The third-order valence-corrected chi connectivity index (χ3v) is 6.47. The van der Waals surface area contributed by atoms with Gasteiger partial charge in [0.1, 0.15) is 11.6 Å². The van der Waals surface area contributed by atoms with Crippen molar-refractivity contribution in [1.29, 1.82) is 0 Å². The van der Waals surface area contributed by atoms with E-state index in [1.54, 1.807) is 7.05 Å². The number of morpholine rings is 1. The highest BCUT2D eigenvalue weighted by Crippen LogP contribution is 2.36. The second-order valence-corrected chi connectivity index (χ2v) is 8.54. The fourth-order valence-corrected chi connectivity index (χ4v) is 4.75. The first kappa shape index (κ1) is 17.2. The number of likely N-dealkylation sites (tertiary alicyclic amines) is 1. The van der Waals surface area contributed by atoms with Crippen LogP contribution in [0, 0.1) is 5.92 Å². The van der Waals surface area contributed by atoms with Gasteiger partial charge in [-0.25, -0.2) is 0 Å². The molecule has 3 fully saturated rings. The van der Waals surface area contributed by atoms with Gasteiger partial charge in [-0.05, 0) is 38.0 Å². The van der Waals surface area contributed by atoms with Crippen molar-refractivity contribution in [1.82, 2.24) is 25.3 Å². The molecule has 3 heterocycles. The van der Waals surface area contributed by atoms with E-state index in [-0.39, 0.29) is 23.5 Å². The predicted octanol–water partition coefficient (Wildman–Crippen LogP) is -0.0502. The average molecular weight is 373 g/mol. The summed E-state index contributed by atoms with van der Waals surface area (Å²) in [6.07, 6.45) is 5.51. The summed E-state index contributed by atoms with van der Waals surface area (Å²) in [5, 5.41) is 10.0. The van der Waals surface area contributed by atoms with Gasteiger partial charge in [0, 0.05) is 31.4 Å². The Morgan fingerprint density at radius 1 is 1.30 bits per heavy atom. The molecule has 5 rings (SSSR count). The van der Waals surface area contributed by atoms with E-state index in [1.807, 2.05) is 4.90 Å². The van der Waals surface area contributed by atoms with E-state index in [0.717, 1.165) is 37.1 Å². The number of rotatable bonds is 4. The van der Waals surface area contributed by atoms with Crippen molar-refractivity contribution in [2.24, 2.45) is 5.92 Å². The maximum Gasteiger partial charge on any atom is 0.274 e. The second kappa shape index (κ2) is 6.31. The Kier molecular flexibility index (Phi) is 4.01. The van der Waals surface area contributed by atoms with Crippen molar-refractivity contribution in [2.75, 3.05) is 39.8 Å². The Hall–Kier alpha value is -1.93. The van der Waals surface area contributed by atoms with Gasteiger partial charge in [-0.15, -0.1) is 0 Å². The molecule has 2 N–H and O–H groups in total. The normalized spacial score (nSPS) is 26.7. The first-order chi connectivity index (χ1) is 13.1. The fourth-order valence-electron chi connectivity index (χ4n) is 4.75. The number of aromatic nitrogens is 2. The summed E-state index contributed by atoms with van der Waals surface area (Å²) >= 11 is 0. The second-order valence-electron chi connectivity index (χ2n) is 8.54. The summed E-state index contributed by atoms with van der Waals surface area (Å²) in [7, 11) is 1.67. The fraction of sp³-hybridized carbons (Fsp3) is 0.737. The molecule has 2 amide bonds. The molecule has 1 aromatic heterocycles. The largest absolute Gasteiger partial charge is 0.368 e. The van der Waals surface area contributed by atoms with Gasteiger partial charge in [0.15, 0.2) is 5.69 Å². The summed E-state index contributed by atoms with van der Waals surface area (Å²) < 4.78 is 6.14. The first-order valence-electron chi connectivity index (χ1n) is 10.0. The molecule has 0 aromatic carbocycles. The lowest BCUT2D eigenvalue weighted by molar-refractivity contribution is -0.191. The van der Waals surface area contributed by atoms with E-state index in [1.165, 1.54) is 12.8 Å². The molecule has 1 aromatic rings. The number of carbonyl (C=O) groups excluding carboxylic acids is 2. The van der Waals surface area contributed by atoms with Crippen LogP contribution in [-0.2, 0) is 22.4 Å². The van der Waals surface area contributed by atoms with E-state index < -0.39 is 0 Å². The standard InChI is InChI=1S/C19H27N5O3/c1-20-17(25)15-8-27-19(9-23(15)7-12-5-6-12)10-24(11-19)18(26)16-13-3-2-4-14(13)21-22-16/h12,15H,2-11H2,1H3,(H,20,25)(H,21,22). The van der Waals surface area contributed by atoms with Crippen molar-refractivity contribution in [3.8, 4) is 0 Å². The molecule has 146 valence electrons. The molecule has 2 saturated heterocycles. The predicted molar refractivity (Wildman–Crippen MR) is 97.4 cm³/mol. The molecule has 1 atom stereocenters. The number of hydrogen-bond acceptors (Lipinski definition) is 5. The summed E-state index contributed by atoms with van der Waals surface area (Å²) in [5.41, 5.74) is 2.47. The highest BCUT2D eigenvalue weighted by Gasteiger charge is 2.53. The molecular formula is C19H27N5O3. The third-order valence-electron chi connectivity index (χ3n) is 6.47. The Balaban J connectivity index is 1.25. The zero-order valence-corrected chi connectivity index (χ0v) is 15.8. The van der Waals surface area contributed by atoms with Crippen molar-refractivity contribution < 1.29 is 14.3 Å². The molecule has 8 heteroatoms. The van der Waals surface area contributed by atoms with E-state index in [4.69, 9.17) is 4.74 Å². The minimum Gasteiger partial charge on any atom is -0.368 e. The van der Waals surface area contributed by atoms with Crippen LogP contribution in [0.1, 0.15) is 41.0 Å². The van der Waals surface area contributed by atoms with Crippen LogP contribution in [0.2, 0.25) is 0 Å². The van der Waals surface area contributed by atoms with Crippen LogP contribution < -0.4 is 5.32 Å². The maximum absolute atomic E-state index is 12.9. The summed E-state index contributed by atoms with van der Waals surface area (Å²) in [6, 6.07) is -0.222. The van der Waals surface area contributed by atoms with E-state index >= 15 is 0 Å². The minimum absolute atomic E-state index is 0.00536. The molecule has 4 aliphatic rings. The zero-order valence-electron chi connectivity index (χ0n) is 15.8. The zero-order chi connectivity index (χ0) is 18.6. The summed E-state index contributed by atoms with van der Waals surface area (Å²) in [4.78, 5) is 29.2. The lowest BCUT2D eigenvalue weighted by atomic mass is 9.89. The molecule has 1 unspecified atom stereocenters. The van der Waals surface area contributed by atoms with Crippen molar-refractivity contribution in [3.05, 3.63) is 17.0 Å². The molecule has 8 nitrogen and oxygen atoms in total. The number of aromatic amines is 1. The molecule has 1 saturated carbocycles. The number of carbonyl (C=O) groups is 2. The number of nitrogens with one attached hydrogen (secondary N) is 2. The van der Waals surface area contributed by atoms with Crippen LogP contribution in [0.3, 0.4) is 0 Å². The first-order valence-corrected chi connectivity index (χ1v) is 10.0. The molecule has 0 bridgehead atoms. The lowest BCUT2D eigenvalue weighted by Gasteiger charge is -2.55. The van der Waals surface area contributed by atoms with Gasteiger partial charge in [-0.2, -0.15) is 5.10 Å². The van der Waals surface area contributed by atoms with Crippen LogP contribution in [0.25, 0.3) is 0 Å². The smallest absolute Gasteiger partial charge is 0.274 e. The van der Waals surface area contributed by atoms with Crippen molar-refractivity contribution >= 4 is 11.8 Å². The minimum atomic E-state index is -0.339. The van der Waals surface area contributed by atoms with Gasteiger partial charge in [-0.3, -0.25) is 19.6 Å². The summed E-state index contributed by atoms with van der Waals surface area (Å²) in [6.45, 7) is 3.21. The Morgan fingerprint density at radius 2 is 2.11 bits per heavy atom. The molecule has 0 radical (unpaired) electrons. The Morgan fingerprint density at radius 3 is 2.85 bits per heavy atom. The highest BCUT2D eigenvalue weighted by molar-refractivity contribution is 5.95. The number of likely N-dealkylation sites (N-methyl/N-ethyl adjacent to an activating group) is 1. The van der Waals surface area contributed by atoms with E-state index in [9.17, 15) is 9.59 Å². The van der Waals surface area contributed by atoms with Crippen LogP contribution in [-0.4, -0.2) is 83.3 Å². The molecule has 1 spiro atoms. The number of amides is 2. The highest BCUT2D eigenvalue weighted by atomic mass is 16.5. The molecule has 2 aliphatic carbocycles. The van der Waals surface area contributed by atoms with E-state index in [0.29, 0.717) is 37.9 Å². The third kappa shape index (κ3) is 2.95. The number of ether oxygens (including phenoxy) is 1. The monoisotopic (exact) mass is 373 g/mol. The van der Waals surface area contributed by atoms with Crippen LogP contribution in [0.15, 0.2) is 0 Å². The Labute approximate surface area is 158 Å². The van der Waals surface area contributed by atoms with Crippen LogP contribution in [0.5, 0.6) is 0 Å². The topological polar surface area (TPSA) is 90.6 Å². The molecular weight excluding hydrogens is 346 g/mol. The molecule has 27 heavy (non-hydrogen) atoms. The number of fused-ring (bicyclic) bond motifs is 1. The summed E-state index contributed by atoms with van der Waals surface area (Å²) in [5.74, 6) is 0.729. The van der Waals surface area contributed by atoms with Gasteiger partial charge in [0.2, 0.25) is 5.91 Å². The lowest BCUT2D eigenvalue weighted by Crippen LogP contribution is -2.73. The SMILES string of the molecule is CNC(=O)C1COC2(CN(C(=O)c3n[nH]c4c3CCC4)C2)CN1CC1CC1. The van der Waals surface area contributed by atoms with Crippen LogP contribution >= 0.6 is 0 Å². The van der Waals surface area contributed by atoms with E-state index in [2.05, 4.69) is 20.4 Å². The van der Waals surface area contributed by atoms with Gasteiger partial charge >= 0.3 is 0 Å². The van der Waals surface area contributed by atoms with Gasteiger partial charge < -0.3 is 15.0 Å². The average Bonchev–Trinajstić information content (AvgIpc) is 3.17. The Bertz CT molecular complexity index is 765. The number of hydrogen-bond donors (Lipinski definition) is 2. The number of aryl methyl sites for hydroxylation is 1. The van der Waals surface area contributed by atoms with Crippen molar-refractivity contribution in [3.63, 3.8) is 0 Å². The van der Waals surface area contributed by atoms with Gasteiger partial charge in [-0.1, -0.05) is 0 Å². The van der Waals surface area contributed by atoms with Crippen molar-refractivity contribution in [2.45, 2.75) is 43.7 Å². The number of H-pyrrole nitrogens is 1.